The SMILES string of the molecule is C=C1C[C@@](C)(c2cc(-c3cnc(F)c(C)c3)c3sccc3c2)NCN1C. The molecule has 0 unspecified atom stereocenters. The highest BCUT2D eigenvalue weighted by atomic mass is 32.1. The molecule has 3 aromatic rings. The third-order valence-corrected chi connectivity index (χ3v) is 6.28. The summed E-state index contributed by atoms with van der Waals surface area (Å²) in [6.45, 7) is 8.95. The molecular weight excluding hydrogens is 345 g/mol. The molecule has 0 spiro atoms. The number of hydrogen-bond acceptors (Lipinski definition) is 4. The molecule has 1 fully saturated rings. The lowest BCUT2D eigenvalue weighted by Gasteiger charge is -2.42. The van der Waals surface area contributed by atoms with Crippen molar-refractivity contribution in [3.63, 3.8) is 0 Å². The molecule has 134 valence electrons. The number of aromatic nitrogens is 1. The molecule has 3 nitrogen and oxygen atoms in total. The number of pyridine rings is 1. The number of aryl methyl sites for hydroxylation is 1. The van der Waals surface area contributed by atoms with Crippen LogP contribution in [0, 0.1) is 12.9 Å². The van der Waals surface area contributed by atoms with Gasteiger partial charge in [-0.1, -0.05) is 6.58 Å². The van der Waals surface area contributed by atoms with Crippen LogP contribution in [0.25, 0.3) is 21.2 Å². The highest BCUT2D eigenvalue weighted by molar-refractivity contribution is 7.17. The average molecular weight is 367 g/mol. The lowest BCUT2D eigenvalue weighted by atomic mass is 9.84. The minimum Gasteiger partial charge on any atom is -0.366 e. The summed E-state index contributed by atoms with van der Waals surface area (Å²) in [7, 11) is 2.05. The van der Waals surface area contributed by atoms with E-state index >= 15 is 0 Å². The monoisotopic (exact) mass is 367 g/mol. The Bertz CT molecular complexity index is 1010. The maximum Gasteiger partial charge on any atom is 0.215 e. The number of hydrogen-bond donors (Lipinski definition) is 1. The maximum absolute atomic E-state index is 13.6. The van der Waals surface area contributed by atoms with Gasteiger partial charge in [0.1, 0.15) is 0 Å². The third-order valence-electron chi connectivity index (χ3n) is 5.32. The van der Waals surface area contributed by atoms with E-state index in [0.29, 0.717) is 5.56 Å². The quantitative estimate of drug-likeness (QED) is 0.645. The van der Waals surface area contributed by atoms with Gasteiger partial charge in [0.15, 0.2) is 0 Å². The molecule has 1 N–H and O–H groups in total. The second-order valence-electron chi connectivity index (χ2n) is 7.30. The zero-order valence-corrected chi connectivity index (χ0v) is 16.1. The topological polar surface area (TPSA) is 28.2 Å². The summed E-state index contributed by atoms with van der Waals surface area (Å²) in [4.78, 5) is 6.07. The summed E-state index contributed by atoms with van der Waals surface area (Å²) in [5.41, 5.74) is 4.78. The van der Waals surface area contributed by atoms with E-state index in [9.17, 15) is 4.39 Å². The molecule has 2 aromatic heterocycles. The van der Waals surface area contributed by atoms with E-state index in [1.54, 1.807) is 24.5 Å². The van der Waals surface area contributed by atoms with Crippen molar-refractivity contribution >= 4 is 21.4 Å². The minimum absolute atomic E-state index is 0.184. The molecule has 1 aliphatic rings. The Morgan fingerprint density at radius 1 is 1.35 bits per heavy atom. The Hall–Kier alpha value is -2.24. The van der Waals surface area contributed by atoms with Crippen LogP contribution in [-0.4, -0.2) is 23.6 Å². The first kappa shape index (κ1) is 17.2. The molecule has 5 heteroatoms. The average Bonchev–Trinajstić information content (AvgIpc) is 3.09. The van der Waals surface area contributed by atoms with E-state index in [-0.39, 0.29) is 5.54 Å². The summed E-state index contributed by atoms with van der Waals surface area (Å²) in [6.07, 6.45) is 2.48. The Morgan fingerprint density at radius 3 is 2.88 bits per heavy atom. The predicted octanol–water partition coefficient (Wildman–Crippen LogP) is 5.02. The van der Waals surface area contributed by atoms with Crippen LogP contribution >= 0.6 is 11.3 Å². The van der Waals surface area contributed by atoms with Crippen LogP contribution in [0.15, 0.2) is 48.1 Å². The highest BCUT2D eigenvalue weighted by Gasteiger charge is 2.32. The van der Waals surface area contributed by atoms with Crippen LogP contribution in [0.3, 0.4) is 0 Å². The van der Waals surface area contributed by atoms with Crippen molar-refractivity contribution in [3.8, 4) is 11.1 Å². The van der Waals surface area contributed by atoms with Crippen LogP contribution < -0.4 is 5.32 Å². The summed E-state index contributed by atoms with van der Waals surface area (Å²) < 4.78 is 14.9. The van der Waals surface area contributed by atoms with Crippen LogP contribution in [0.5, 0.6) is 0 Å². The van der Waals surface area contributed by atoms with Gasteiger partial charge in [0.25, 0.3) is 0 Å². The first-order valence-corrected chi connectivity index (χ1v) is 9.53. The van der Waals surface area contributed by atoms with Gasteiger partial charge >= 0.3 is 0 Å². The minimum atomic E-state index is -0.410. The van der Waals surface area contributed by atoms with Crippen molar-refractivity contribution in [2.45, 2.75) is 25.8 Å². The summed E-state index contributed by atoms with van der Waals surface area (Å²) in [5.74, 6) is -0.410. The smallest absolute Gasteiger partial charge is 0.215 e. The number of halogens is 1. The predicted molar refractivity (Wildman–Crippen MR) is 107 cm³/mol. The molecule has 0 amide bonds. The molecular formula is C21H22FN3S. The second-order valence-corrected chi connectivity index (χ2v) is 8.22. The molecule has 1 saturated heterocycles. The largest absolute Gasteiger partial charge is 0.366 e. The third kappa shape index (κ3) is 2.81. The molecule has 1 aliphatic heterocycles. The van der Waals surface area contributed by atoms with Crippen LogP contribution in [0.1, 0.15) is 24.5 Å². The van der Waals surface area contributed by atoms with Gasteiger partial charge < -0.3 is 4.90 Å². The van der Waals surface area contributed by atoms with Crippen molar-refractivity contribution in [2.75, 3.05) is 13.7 Å². The molecule has 1 aromatic carbocycles. The zero-order chi connectivity index (χ0) is 18.5. The van der Waals surface area contributed by atoms with Crippen LogP contribution in [0.2, 0.25) is 0 Å². The van der Waals surface area contributed by atoms with Crippen molar-refractivity contribution in [2.24, 2.45) is 0 Å². The number of rotatable bonds is 2. The van der Waals surface area contributed by atoms with E-state index in [1.165, 1.54) is 15.6 Å². The molecule has 0 saturated carbocycles. The van der Waals surface area contributed by atoms with Gasteiger partial charge in [-0.3, -0.25) is 5.32 Å². The fourth-order valence-electron chi connectivity index (χ4n) is 3.53. The molecule has 26 heavy (non-hydrogen) atoms. The van der Waals surface area contributed by atoms with Gasteiger partial charge in [-0.2, -0.15) is 4.39 Å². The standard InChI is InChI=1S/C21H22FN3S/c1-13-7-16(11-23-20(13)22)18-9-17(8-15-5-6-26-19(15)18)21(3)10-14(2)25(4)12-24-21/h5-9,11,24H,2,10,12H2,1,3-4H3/t21-/m0/s1. The summed E-state index contributed by atoms with van der Waals surface area (Å²) >= 11 is 1.71. The number of thiophene rings is 1. The van der Waals surface area contributed by atoms with E-state index in [0.717, 1.165) is 29.9 Å². The van der Waals surface area contributed by atoms with E-state index in [1.807, 2.05) is 6.07 Å². The Morgan fingerprint density at radius 2 is 2.15 bits per heavy atom. The lowest BCUT2D eigenvalue weighted by molar-refractivity contribution is 0.208. The fraction of sp³-hybridized carbons (Fsp3) is 0.286. The van der Waals surface area contributed by atoms with E-state index in [2.05, 4.69) is 59.3 Å². The molecule has 4 rings (SSSR count). The van der Waals surface area contributed by atoms with E-state index in [4.69, 9.17) is 0 Å². The van der Waals surface area contributed by atoms with Crippen LogP contribution in [0.4, 0.5) is 4.39 Å². The first-order chi connectivity index (χ1) is 12.4. The lowest BCUT2D eigenvalue weighted by Crippen LogP contribution is -2.50. The van der Waals surface area contributed by atoms with Crippen molar-refractivity contribution in [3.05, 3.63) is 65.2 Å². The van der Waals surface area contributed by atoms with Crippen molar-refractivity contribution in [1.82, 2.24) is 15.2 Å². The number of fused-ring (bicyclic) bond motifs is 1. The van der Waals surface area contributed by atoms with Gasteiger partial charge in [-0.25, -0.2) is 4.98 Å². The van der Waals surface area contributed by atoms with Gasteiger partial charge in [0, 0.05) is 52.3 Å². The normalized spacial score (nSPS) is 20.8. The fourth-order valence-corrected chi connectivity index (χ4v) is 4.45. The number of nitrogens with one attached hydrogen (secondary N) is 1. The van der Waals surface area contributed by atoms with Gasteiger partial charge in [0.05, 0.1) is 6.67 Å². The molecule has 0 radical (unpaired) electrons. The van der Waals surface area contributed by atoms with Gasteiger partial charge in [-0.15, -0.1) is 11.3 Å². The van der Waals surface area contributed by atoms with Crippen LogP contribution in [-0.2, 0) is 5.54 Å². The molecule has 0 bridgehead atoms. The molecule has 0 aliphatic carbocycles. The van der Waals surface area contributed by atoms with Gasteiger partial charge in [0.2, 0.25) is 5.95 Å². The molecule has 1 atom stereocenters. The van der Waals surface area contributed by atoms with Crippen molar-refractivity contribution < 1.29 is 4.39 Å². The zero-order valence-electron chi connectivity index (χ0n) is 15.3. The van der Waals surface area contributed by atoms with Gasteiger partial charge in [-0.05, 0) is 54.4 Å². The number of nitrogens with zero attached hydrogens (tertiary/aromatic N) is 2. The highest BCUT2D eigenvalue weighted by Crippen LogP contribution is 2.39. The Labute approximate surface area is 157 Å². The molecule has 3 heterocycles. The Kier molecular flexibility index (Phi) is 4.09. The van der Waals surface area contributed by atoms with E-state index < -0.39 is 5.95 Å². The van der Waals surface area contributed by atoms with Crippen molar-refractivity contribution in [1.29, 1.82) is 0 Å². The second kappa shape index (κ2) is 6.18. The Balaban J connectivity index is 1.88. The number of benzene rings is 1. The summed E-state index contributed by atoms with van der Waals surface area (Å²) in [6, 6.07) is 8.50. The first-order valence-electron chi connectivity index (χ1n) is 8.65. The summed E-state index contributed by atoms with van der Waals surface area (Å²) in [5, 5.41) is 6.95. The maximum atomic E-state index is 13.6.